The van der Waals surface area contributed by atoms with Crippen LogP contribution in [0.2, 0.25) is 0 Å². The van der Waals surface area contributed by atoms with E-state index < -0.39 is 5.60 Å². The monoisotopic (exact) mass is 335 g/mol. The second-order valence-electron chi connectivity index (χ2n) is 8.20. The smallest absolute Gasteiger partial charge is 0.317 e. The first-order valence-electron chi connectivity index (χ1n) is 9.61. The van der Waals surface area contributed by atoms with Gasteiger partial charge in [0.05, 0.1) is 5.60 Å². The molecular formula is C19H33N3O2. The van der Waals surface area contributed by atoms with Gasteiger partial charge in [0.25, 0.3) is 0 Å². The third-order valence-corrected chi connectivity index (χ3v) is 6.12. The molecule has 2 aliphatic heterocycles. The van der Waals surface area contributed by atoms with Crippen LogP contribution in [0.1, 0.15) is 51.9 Å². The van der Waals surface area contributed by atoms with Gasteiger partial charge >= 0.3 is 6.03 Å². The molecule has 24 heavy (non-hydrogen) atoms. The summed E-state index contributed by atoms with van der Waals surface area (Å²) in [6.45, 7) is 10.5. The fraction of sp³-hybridized carbons (Fsp3) is 0.842. The third kappa shape index (κ3) is 4.12. The Morgan fingerprint density at radius 3 is 2.67 bits per heavy atom. The fourth-order valence-corrected chi connectivity index (χ4v) is 4.64. The van der Waals surface area contributed by atoms with Crippen molar-refractivity contribution < 1.29 is 9.90 Å². The average Bonchev–Trinajstić information content (AvgIpc) is 2.55. The molecular weight excluding hydrogens is 302 g/mol. The molecule has 2 atom stereocenters. The van der Waals surface area contributed by atoms with E-state index in [1.54, 1.807) is 0 Å². The molecule has 1 aliphatic carbocycles. The van der Waals surface area contributed by atoms with Crippen LogP contribution in [0.25, 0.3) is 0 Å². The summed E-state index contributed by atoms with van der Waals surface area (Å²) in [5.41, 5.74) is 0.689. The van der Waals surface area contributed by atoms with E-state index in [2.05, 4.69) is 23.7 Å². The first kappa shape index (κ1) is 17.7. The predicted octanol–water partition coefficient (Wildman–Crippen LogP) is 2.36. The number of amides is 2. The molecule has 2 amide bonds. The quantitative estimate of drug-likeness (QED) is 0.779. The topological polar surface area (TPSA) is 55.8 Å². The molecule has 136 valence electrons. The minimum absolute atomic E-state index is 0.0703. The number of piperidine rings is 2. The molecule has 0 radical (unpaired) electrons. The van der Waals surface area contributed by atoms with Crippen molar-refractivity contribution in [1.29, 1.82) is 0 Å². The first-order chi connectivity index (χ1) is 11.5. The molecule has 5 heteroatoms. The number of fused-ring (bicyclic) bond motifs is 1. The fourth-order valence-electron chi connectivity index (χ4n) is 4.64. The van der Waals surface area contributed by atoms with E-state index in [9.17, 15) is 9.90 Å². The SMILES string of the molecule is C=C(C)CN1CCC(NC(=O)N2CC[C@]3(O)CCCC[C@H]3C2)CC1. The largest absolute Gasteiger partial charge is 0.389 e. The summed E-state index contributed by atoms with van der Waals surface area (Å²) in [4.78, 5) is 17.0. The van der Waals surface area contributed by atoms with E-state index in [1.807, 2.05) is 4.90 Å². The van der Waals surface area contributed by atoms with Gasteiger partial charge in [0.1, 0.15) is 0 Å². The van der Waals surface area contributed by atoms with Gasteiger partial charge in [0.2, 0.25) is 0 Å². The van der Waals surface area contributed by atoms with Crippen LogP contribution in [-0.4, -0.2) is 65.3 Å². The van der Waals surface area contributed by atoms with Crippen molar-refractivity contribution >= 4 is 6.03 Å². The highest BCUT2D eigenvalue weighted by atomic mass is 16.3. The molecule has 1 saturated carbocycles. The van der Waals surface area contributed by atoms with Crippen molar-refractivity contribution in [3.8, 4) is 0 Å². The first-order valence-corrected chi connectivity index (χ1v) is 9.61. The lowest BCUT2D eigenvalue weighted by atomic mass is 9.71. The second kappa shape index (κ2) is 7.44. The van der Waals surface area contributed by atoms with Gasteiger partial charge in [-0.15, -0.1) is 0 Å². The van der Waals surface area contributed by atoms with Crippen LogP contribution in [0.5, 0.6) is 0 Å². The molecule has 0 aromatic carbocycles. The Morgan fingerprint density at radius 1 is 1.21 bits per heavy atom. The lowest BCUT2D eigenvalue weighted by molar-refractivity contribution is -0.0872. The summed E-state index contributed by atoms with van der Waals surface area (Å²) in [6, 6.07) is 0.354. The van der Waals surface area contributed by atoms with Crippen LogP contribution in [0.3, 0.4) is 0 Å². The van der Waals surface area contributed by atoms with Gasteiger partial charge in [-0.3, -0.25) is 4.90 Å². The standard InChI is InChI=1S/C19H33N3O2/c1-15(2)13-21-10-6-17(7-11-21)20-18(23)22-12-9-19(24)8-4-3-5-16(19)14-22/h16-17,24H,1,3-14H2,2H3,(H,20,23)/t16-,19+/m0/s1. The van der Waals surface area contributed by atoms with E-state index in [1.165, 1.54) is 12.0 Å². The van der Waals surface area contributed by atoms with Gasteiger partial charge in [-0.1, -0.05) is 25.0 Å². The van der Waals surface area contributed by atoms with Crippen molar-refractivity contribution in [2.45, 2.75) is 63.5 Å². The van der Waals surface area contributed by atoms with E-state index >= 15 is 0 Å². The number of nitrogens with one attached hydrogen (secondary N) is 1. The summed E-state index contributed by atoms with van der Waals surface area (Å²) in [6.07, 6.45) is 7.04. The molecule has 0 spiro atoms. The molecule has 0 aromatic heterocycles. The number of carbonyl (C=O) groups excluding carboxylic acids is 1. The molecule has 2 heterocycles. The molecule has 3 fully saturated rings. The van der Waals surface area contributed by atoms with Crippen molar-refractivity contribution in [3.05, 3.63) is 12.2 Å². The van der Waals surface area contributed by atoms with E-state index in [-0.39, 0.29) is 18.0 Å². The number of hydrogen-bond donors (Lipinski definition) is 2. The van der Waals surface area contributed by atoms with E-state index in [4.69, 9.17) is 0 Å². The highest BCUT2D eigenvalue weighted by Gasteiger charge is 2.43. The number of nitrogens with zero attached hydrogens (tertiary/aromatic N) is 2. The van der Waals surface area contributed by atoms with Gasteiger partial charge in [-0.2, -0.15) is 0 Å². The molecule has 0 aromatic rings. The number of carbonyl (C=O) groups is 1. The highest BCUT2D eigenvalue weighted by Crippen LogP contribution is 2.39. The van der Waals surface area contributed by atoms with Gasteiger partial charge < -0.3 is 15.3 Å². The highest BCUT2D eigenvalue weighted by molar-refractivity contribution is 5.74. The normalized spacial score (nSPS) is 32.2. The average molecular weight is 335 g/mol. The Hall–Kier alpha value is -1.07. The summed E-state index contributed by atoms with van der Waals surface area (Å²) in [5, 5.41) is 14.0. The summed E-state index contributed by atoms with van der Waals surface area (Å²) >= 11 is 0. The van der Waals surface area contributed by atoms with Gasteiger partial charge in [-0.25, -0.2) is 4.79 Å². The van der Waals surface area contributed by atoms with Crippen molar-refractivity contribution in [1.82, 2.24) is 15.1 Å². The summed E-state index contributed by atoms with van der Waals surface area (Å²) < 4.78 is 0. The zero-order valence-corrected chi connectivity index (χ0v) is 15.1. The van der Waals surface area contributed by atoms with Crippen molar-refractivity contribution in [3.63, 3.8) is 0 Å². The Bertz CT molecular complexity index is 473. The molecule has 0 unspecified atom stereocenters. The summed E-state index contributed by atoms with van der Waals surface area (Å²) in [7, 11) is 0. The number of hydrogen-bond acceptors (Lipinski definition) is 3. The molecule has 3 aliphatic rings. The van der Waals surface area contributed by atoms with Crippen LogP contribution >= 0.6 is 0 Å². The van der Waals surface area contributed by atoms with E-state index in [0.29, 0.717) is 6.54 Å². The maximum Gasteiger partial charge on any atom is 0.317 e. The van der Waals surface area contributed by atoms with Gasteiger partial charge in [0, 0.05) is 44.7 Å². The van der Waals surface area contributed by atoms with Crippen LogP contribution in [0, 0.1) is 5.92 Å². The minimum atomic E-state index is -0.511. The molecule has 5 nitrogen and oxygen atoms in total. The maximum atomic E-state index is 12.6. The zero-order chi connectivity index (χ0) is 17.2. The Labute approximate surface area is 146 Å². The van der Waals surface area contributed by atoms with Crippen LogP contribution < -0.4 is 5.32 Å². The Balaban J connectivity index is 1.45. The maximum absolute atomic E-state index is 12.6. The van der Waals surface area contributed by atoms with Crippen molar-refractivity contribution in [2.75, 3.05) is 32.7 Å². The third-order valence-electron chi connectivity index (χ3n) is 6.12. The van der Waals surface area contributed by atoms with Gasteiger partial charge in [0.15, 0.2) is 0 Å². The molecule has 0 bridgehead atoms. The summed E-state index contributed by atoms with van der Waals surface area (Å²) in [5.74, 6) is 0.267. The number of aliphatic hydroxyl groups is 1. The number of urea groups is 1. The Morgan fingerprint density at radius 2 is 1.96 bits per heavy atom. The predicted molar refractivity (Wildman–Crippen MR) is 95.9 cm³/mol. The van der Waals surface area contributed by atoms with E-state index in [0.717, 1.165) is 64.7 Å². The molecule has 2 N–H and O–H groups in total. The van der Waals surface area contributed by atoms with Crippen LogP contribution in [0.4, 0.5) is 4.79 Å². The lowest BCUT2D eigenvalue weighted by Gasteiger charge is -2.47. The Kier molecular flexibility index (Phi) is 5.50. The van der Waals surface area contributed by atoms with Crippen LogP contribution in [-0.2, 0) is 0 Å². The number of rotatable bonds is 3. The van der Waals surface area contributed by atoms with Gasteiger partial charge in [-0.05, 0) is 39.0 Å². The molecule has 3 rings (SSSR count). The lowest BCUT2D eigenvalue weighted by Crippen LogP contribution is -2.58. The molecule has 2 saturated heterocycles. The second-order valence-corrected chi connectivity index (χ2v) is 8.20. The van der Waals surface area contributed by atoms with Crippen molar-refractivity contribution in [2.24, 2.45) is 5.92 Å². The number of likely N-dealkylation sites (tertiary alicyclic amines) is 2. The van der Waals surface area contributed by atoms with Crippen LogP contribution in [0.15, 0.2) is 12.2 Å². The minimum Gasteiger partial charge on any atom is -0.389 e. The zero-order valence-electron chi connectivity index (χ0n) is 15.1.